The highest BCUT2D eigenvalue weighted by atomic mass is 15.2. The van der Waals surface area contributed by atoms with Gasteiger partial charge < -0.3 is 10.2 Å². The van der Waals surface area contributed by atoms with Gasteiger partial charge in [-0.1, -0.05) is 6.92 Å². The highest BCUT2D eigenvalue weighted by molar-refractivity contribution is 4.77. The lowest BCUT2D eigenvalue weighted by atomic mass is 9.87. The molecule has 1 aliphatic heterocycles. The Balaban J connectivity index is 1.64. The van der Waals surface area contributed by atoms with Crippen LogP contribution >= 0.6 is 0 Å². The molecule has 2 fully saturated rings. The van der Waals surface area contributed by atoms with Crippen LogP contribution in [0.1, 0.15) is 32.6 Å². The van der Waals surface area contributed by atoms with Crippen molar-refractivity contribution < 1.29 is 0 Å². The third kappa shape index (κ3) is 4.23. The normalized spacial score (nSPS) is 31.9. The minimum Gasteiger partial charge on any atom is -0.314 e. The monoisotopic (exact) mass is 239 g/mol. The van der Waals surface area contributed by atoms with Gasteiger partial charge in [0, 0.05) is 45.3 Å². The molecule has 2 aliphatic rings. The number of hydrogen-bond donors (Lipinski definition) is 1. The fourth-order valence-electron chi connectivity index (χ4n) is 3.10. The SMILES string of the molecule is CC1CCC(N(C)CCN2CCNCC2)CC1. The quantitative estimate of drug-likeness (QED) is 0.800. The second kappa shape index (κ2) is 6.72. The number of nitrogens with zero attached hydrogens (tertiary/aromatic N) is 2. The predicted octanol–water partition coefficient (Wildman–Crippen LogP) is 1.40. The van der Waals surface area contributed by atoms with Crippen LogP contribution in [0.4, 0.5) is 0 Å². The Morgan fingerprint density at radius 1 is 1.12 bits per heavy atom. The number of piperazine rings is 1. The van der Waals surface area contributed by atoms with Crippen LogP contribution in [0.15, 0.2) is 0 Å². The molecule has 0 aromatic carbocycles. The van der Waals surface area contributed by atoms with Crippen molar-refractivity contribution >= 4 is 0 Å². The molecule has 1 saturated heterocycles. The molecule has 1 N–H and O–H groups in total. The Kier molecular flexibility index (Phi) is 5.26. The van der Waals surface area contributed by atoms with E-state index in [1.807, 2.05) is 0 Å². The predicted molar refractivity (Wildman–Crippen MR) is 73.4 cm³/mol. The van der Waals surface area contributed by atoms with Gasteiger partial charge in [-0.2, -0.15) is 0 Å². The van der Waals surface area contributed by atoms with Gasteiger partial charge in [-0.05, 0) is 38.6 Å². The van der Waals surface area contributed by atoms with Gasteiger partial charge in [0.05, 0.1) is 0 Å². The van der Waals surface area contributed by atoms with Crippen molar-refractivity contribution in [1.82, 2.24) is 15.1 Å². The molecule has 0 spiro atoms. The third-order valence-corrected chi connectivity index (χ3v) is 4.59. The molecule has 0 aromatic heterocycles. The van der Waals surface area contributed by atoms with E-state index in [1.54, 1.807) is 0 Å². The van der Waals surface area contributed by atoms with E-state index in [4.69, 9.17) is 0 Å². The lowest BCUT2D eigenvalue weighted by molar-refractivity contribution is 0.141. The maximum atomic E-state index is 3.42. The summed E-state index contributed by atoms with van der Waals surface area (Å²) in [5.41, 5.74) is 0. The zero-order valence-corrected chi connectivity index (χ0v) is 11.6. The number of hydrogen-bond acceptors (Lipinski definition) is 3. The van der Waals surface area contributed by atoms with Gasteiger partial charge in [-0.15, -0.1) is 0 Å². The topological polar surface area (TPSA) is 18.5 Å². The van der Waals surface area contributed by atoms with Crippen molar-refractivity contribution in [3.05, 3.63) is 0 Å². The smallest absolute Gasteiger partial charge is 0.0110 e. The molecule has 0 atom stereocenters. The molecule has 2 rings (SSSR count). The summed E-state index contributed by atoms with van der Waals surface area (Å²) in [6.45, 7) is 9.71. The van der Waals surface area contributed by atoms with E-state index in [9.17, 15) is 0 Å². The molecule has 0 unspecified atom stereocenters. The first-order valence-electron chi connectivity index (χ1n) is 7.39. The standard InChI is InChI=1S/C14H29N3/c1-13-3-5-14(6-4-13)16(2)11-12-17-9-7-15-8-10-17/h13-15H,3-12H2,1-2H3. The summed E-state index contributed by atoms with van der Waals surface area (Å²) < 4.78 is 0. The molecular formula is C14H29N3. The zero-order chi connectivity index (χ0) is 12.1. The largest absolute Gasteiger partial charge is 0.314 e. The van der Waals surface area contributed by atoms with Gasteiger partial charge in [-0.25, -0.2) is 0 Å². The Bertz CT molecular complexity index is 206. The molecule has 1 saturated carbocycles. The van der Waals surface area contributed by atoms with Crippen LogP contribution in [0.2, 0.25) is 0 Å². The lowest BCUT2D eigenvalue weighted by Gasteiger charge is -2.35. The summed E-state index contributed by atoms with van der Waals surface area (Å²) in [4.78, 5) is 5.20. The van der Waals surface area contributed by atoms with E-state index in [0.717, 1.165) is 12.0 Å². The summed E-state index contributed by atoms with van der Waals surface area (Å²) in [6.07, 6.45) is 5.70. The first-order chi connectivity index (χ1) is 8.25. The van der Waals surface area contributed by atoms with Gasteiger partial charge in [0.25, 0.3) is 0 Å². The van der Waals surface area contributed by atoms with Gasteiger partial charge in [0.2, 0.25) is 0 Å². The average molecular weight is 239 g/mol. The summed E-state index contributed by atoms with van der Waals surface area (Å²) in [6, 6.07) is 0.856. The fourth-order valence-corrected chi connectivity index (χ4v) is 3.10. The van der Waals surface area contributed by atoms with Crippen LogP contribution in [0, 0.1) is 5.92 Å². The number of rotatable bonds is 4. The molecule has 1 aliphatic carbocycles. The minimum absolute atomic E-state index is 0.856. The minimum atomic E-state index is 0.856. The molecule has 1 heterocycles. The number of nitrogens with one attached hydrogen (secondary N) is 1. The van der Waals surface area contributed by atoms with Gasteiger partial charge in [0.15, 0.2) is 0 Å². The average Bonchev–Trinajstić information content (AvgIpc) is 2.38. The van der Waals surface area contributed by atoms with Crippen LogP contribution in [-0.2, 0) is 0 Å². The van der Waals surface area contributed by atoms with E-state index in [0.29, 0.717) is 0 Å². The maximum absolute atomic E-state index is 3.42. The van der Waals surface area contributed by atoms with E-state index < -0.39 is 0 Å². The summed E-state index contributed by atoms with van der Waals surface area (Å²) >= 11 is 0. The molecular weight excluding hydrogens is 210 g/mol. The van der Waals surface area contributed by atoms with Crippen LogP contribution in [-0.4, -0.2) is 62.2 Å². The van der Waals surface area contributed by atoms with Gasteiger partial charge in [0.1, 0.15) is 0 Å². The molecule has 0 bridgehead atoms. The summed E-state index contributed by atoms with van der Waals surface area (Å²) in [5, 5.41) is 3.42. The van der Waals surface area contributed by atoms with Crippen molar-refractivity contribution in [3.8, 4) is 0 Å². The first-order valence-corrected chi connectivity index (χ1v) is 7.39. The lowest BCUT2D eigenvalue weighted by Crippen LogP contribution is -2.47. The second-order valence-corrected chi connectivity index (χ2v) is 5.99. The van der Waals surface area contributed by atoms with E-state index in [1.165, 1.54) is 65.0 Å². The van der Waals surface area contributed by atoms with Crippen LogP contribution < -0.4 is 5.32 Å². The molecule has 17 heavy (non-hydrogen) atoms. The number of likely N-dealkylation sites (N-methyl/N-ethyl adjacent to an activating group) is 1. The molecule has 0 radical (unpaired) electrons. The Morgan fingerprint density at radius 3 is 2.41 bits per heavy atom. The van der Waals surface area contributed by atoms with Crippen LogP contribution in [0.3, 0.4) is 0 Å². The molecule has 3 heteroatoms. The van der Waals surface area contributed by atoms with Gasteiger partial charge in [-0.3, -0.25) is 4.90 Å². The molecule has 100 valence electrons. The molecule has 0 amide bonds. The Labute approximate surface area is 107 Å². The Hall–Kier alpha value is -0.120. The molecule has 3 nitrogen and oxygen atoms in total. The first kappa shape index (κ1) is 13.3. The van der Waals surface area contributed by atoms with Crippen molar-refractivity contribution in [1.29, 1.82) is 0 Å². The van der Waals surface area contributed by atoms with Crippen molar-refractivity contribution in [2.45, 2.75) is 38.6 Å². The van der Waals surface area contributed by atoms with Gasteiger partial charge >= 0.3 is 0 Å². The van der Waals surface area contributed by atoms with Crippen LogP contribution in [0.25, 0.3) is 0 Å². The highest BCUT2D eigenvalue weighted by Crippen LogP contribution is 2.26. The van der Waals surface area contributed by atoms with E-state index >= 15 is 0 Å². The Morgan fingerprint density at radius 2 is 1.76 bits per heavy atom. The highest BCUT2D eigenvalue weighted by Gasteiger charge is 2.21. The summed E-state index contributed by atoms with van der Waals surface area (Å²) in [7, 11) is 2.32. The zero-order valence-electron chi connectivity index (χ0n) is 11.6. The second-order valence-electron chi connectivity index (χ2n) is 5.99. The van der Waals surface area contributed by atoms with Crippen molar-refractivity contribution in [3.63, 3.8) is 0 Å². The van der Waals surface area contributed by atoms with Crippen LogP contribution in [0.5, 0.6) is 0 Å². The van der Waals surface area contributed by atoms with Crippen molar-refractivity contribution in [2.24, 2.45) is 5.92 Å². The van der Waals surface area contributed by atoms with Crippen molar-refractivity contribution in [2.75, 3.05) is 46.3 Å². The molecule has 0 aromatic rings. The van der Waals surface area contributed by atoms with E-state index in [2.05, 4.69) is 29.1 Å². The summed E-state index contributed by atoms with van der Waals surface area (Å²) in [5.74, 6) is 0.966. The van der Waals surface area contributed by atoms with E-state index in [-0.39, 0.29) is 0 Å². The fraction of sp³-hybridized carbons (Fsp3) is 1.00. The maximum Gasteiger partial charge on any atom is 0.0110 e. The third-order valence-electron chi connectivity index (χ3n) is 4.59.